The van der Waals surface area contributed by atoms with Gasteiger partial charge in [-0.2, -0.15) is 0 Å². The van der Waals surface area contributed by atoms with Crippen molar-refractivity contribution in [2.45, 2.75) is 20.5 Å². The second-order valence-corrected chi connectivity index (χ2v) is 4.54. The lowest BCUT2D eigenvalue weighted by atomic mass is 10.1. The highest BCUT2D eigenvalue weighted by molar-refractivity contribution is 6.31. The van der Waals surface area contributed by atoms with E-state index in [9.17, 15) is 0 Å². The fraction of sp³-hybridized carbons (Fsp3) is 0.214. The van der Waals surface area contributed by atoms with Crippen molar-refractivity contribution in [3.8, 4) is 11.6 Å². The normalized spacial score (nSPS) is 10.4. The minimum absolute atomic E-state index is 0.0867. The van der Waals surface area contributed by atoms with Gasteiger partial charge < -0.3 is 9.84 Å². The molecule has 1 aromatic carbocycles. The van der Waals surface area contributed by atoms with Crippen LogP contribution in [0.3, 0.4) is 0 Å². The van der Waals surface area contributed by atoms with Crippen LogP contribution in [0, 0.1) is 13.8 Å². The number of hydrogen-bond acceptors (Lipinski definition) is 3. The smallest absolute Gasteiger partial charge is 0.238 e. The van der Waals surface area contributed by atoms with Crippen LogP contribution >= 0.6 is 11.6 Å². The topological polar surface area (TPSA) is 42.4 Å². The monoisotopic (exact) mass is 263 g/mol. The SMILES string of the molecule is Cc1ccc(Oc2ncc(CO)cc2Cl)cc1C. The molecule has 0 unspecified atom stereocenters. The van der Waals surface area contributed by atoms with Gasteiger partial charge in [0.1, 0.15) is 10.8 Å². The van der Waals surface area contributed by atoms with Crippen LogP contribution in [0.25, 0.3) is 0 Å². The fourth-order valence-corrected chi connectivity index (χ4v) is 1.74. The Morgan fingerprint density at radius 1 is 1.22 bits per heavy atom. The molecule has 1 aromatic heterocycles. The van der Waals surface area contributed by atoms with Crippen molar-refractivity contribution in [3.63, 3.8) is 0 Å². The van der Waals surface area contributed by atoms with Crippen molar-refractivity contribution >= 4 is 11.6 Å². The lowest BCUT2D eigenvalue weighted by Gasteiger charge is -2.09. The molecule has 0 aliphatic heterocycles. The van der Waals surface area contributed by atoms with Crippen LogP contribution in [0.5, 0.6) is 11.6 Å². The molecule has 0 saturated carbocycles. The molecule has 0 radical (unpaired) electrons. The first-order valence-electron chi connectivity index (χ1n) is 5.60. The Bertz CT molecular complexity index is 570. The maximum atomic E-state index is 8.97. The third-order valence-corrected chi connectivity index (χ3v) is 3.01. The molecule has 3 nitrogen and oxygen atoms in total. The van der Waals surface area contributed by atoms with E-state index in [-0.39, 0.29) is 6.61 Å². The molecule has 2 rings (SSSR count). The van der Waals surface area contributed by atoms with E-state index in [0.29, 0.717) is 22.2 Å². The summed E-state index contributed by atoms with van der Waals surface area (Å²) in [6.45, 7) is 3.98. The van der Waals surface area contributed by atoms with Gasteiger partial charge in [0, 0.05) is 6.20 Å². The minimum atomic E-state index is -0.0867. The highest BCUT2D eigenvalue weighted by Gasteiger charge is 2.06. The third kappa shape index (κ3) is 2.81. The molecule has 0 aliphatic rings. The molecular weight excluding hydrogens is 250 g/mol. The zero-order valence-corrected chi connectivity index (χ0v) is 11.0. The average molecular weight is 264 g/mol. The number of nitrogens with zero attached hydrogens (tertiary/aromatic N) is 1. The largest absolute Gasteiger partial charge is 0.438 e. The van der Waals surface area contributed by atoms with Gasteiger partial charge >= 0.3 is 0 Å². The number of aliphatic hydroxyl groups is 1. The van der Waals surface area contributed by atoms with Crippen molar-refractivity contribution in [1.29, 1.82) is 0 Å². The molecule has 0 spiro atoms. The quantitative estimate of drug-likeness (QED) is 0.919. The van der Waals surface area contributed by atoms with E-state index in [2.05, 4.69) is 4.98 Å². The van der Waals surface area contributed by atoms with Crippen LogP contribution in [-0.2, 0) is 6.61 Å². The van der Waals surface area contributed by atoms with E-state index < -0.39 is 0 Å². The van der Waals surface area contributed by atoms with Gasteiger partial charge in [-0.3, -0.25) is 0 Å². The molecule has 18 heavy (non-hydrogen) atoms. The Morgan fingerprint density at radius 2 is 2.00 bits per heavy atom. The van der Waals surface area contributed by atoms with Gasteiger partial charge in [-0.1, -0.05) is 17.7 Å². The van der Waals surface area contributed by atoms with E-state index in [1.807, 2.05) is 32.0 Å². The van der Waals surface area contributed by atoms with Crippen LogP contribution in [0.1, 0.15) is 16.7 Å². The Balaban J connectivity index is 2.25. The molecule has 94 valence electrons. The van der Waals surface area contributed by atoms with Crippen LogP contribution in [0.2, 0.25) is 5.02 Å². The summed E-state index contributed by atoms with van der Waals surface area (Å²) in [7, 11) is 0. The first kappa shape index (κ1) is 12.9. The molecule has 0 aliphatic carbocycles. The van der Waals surface area contributed by atoms with Gasteiger partial charge in [0.15, 0.2) is 0 Å². The standard InChI is InChI=1S/C14H14ClNO2/c1-9-3-4-12(5-10(9)2)18-14-13(15)6-11(8-17)7-16-14/h3-7,17H,8H2,1-2H3. The summed E-state index contributed by atoms with van der Waals surface area (Å²) in [6, 6.07) is 7.44. The van der Waals surface area contributed by atoms with Crippen LogP contribution < -0.4 is 4.74 Å². The first-order valence-corrected chi connectivity index (χ1v) is 5.98. The second-order valence-electron chi connectivity index (χ2n) is 4.14. The highest BCUT2D eigenvalue weighted by Crippen LogP contribution is 2.28. The van der Waals surface area contributed by atoms with Crippen molar-refractivity contribution in [2.24, 2.45) is 0 Å². The predicted molar refractivity (Wildman–Crippen MR) is 71.2 cm³/mol. The average Bonchev–Trinajstić information content (AvgIpc) is 2.36. The van der Waals surface area contributed by atoms with Crippen molar-refractivity contribution in [1.82, 2.24) is 4.98 Å². The number of aryl methyl sites for hydroxylation is 2. The second kappa shape index (κ2) is 5.38. The highest BCUT2D eigenvalue weighted by atomic mass is 35.5. The summed E-state index contributed by atoms with van der Waals surface area (Å²) in [5.41, 5.74) is 3.01. The number of aromatic nitrogens is 1. The summed E-state index contributed by atoms with van der Waals surface area (Å²) in [5, 5.41) is 9.36. The number of halogens is 1. The Hall–Kier alpha value is -1.58. The van der Waals surface area contributed by atoms with Crippen molar-refractivity contribution in [2.75, 3.05) is 0 Å². The molecule has 0 atom stereocenters. The van der Waals surface area contributed by atoms with E-state index in [1.165, 1.54) is 5.56 Å². The van der Waals surface area contributed by atoms with Gasteiger partial charge in [-0.25, -0.2) is 4.98 Å². The number of rotatable bonds is 3. The summed E-state index contributed by atoms with van der Waals surface area (Å²) in [6.07, 6.45) is 1.54. The molecule has 4 heteroatoms. The zero-order chi connectivity index (χ0) is 13.1. The summed E-state index contributed by atoms with van der Waals surface area (Å²) < 4.78 is 5.62. The van der Waals surface area contributed by atoms with Gasteiger partial charge in [0.2, 0.25) is 5.88 Å². The van der Waals surface area contributed by atoms with Gasteiger partial charge in [0.25, 0.3) is 0 Å². The third-order valence-electron chi connectivity index (χ3n) is 2.74. The Morgan fingerprint density at radius 3 is 2.61 bits per heavy atom. The molecule has 0 amide bonds. The molecular formula is C14H14ClNO2. The molecule has 1 heterocycles. The maximum absolute atomic E-state index is 8.97. The Kier molecular flexibility index (Phi) is 3.84. The van der Waals surface area contributed by atoms with E-state index in [1.54, 1.807) is 12.3 Å². The molecule has 0 saturated heterocycles. The van der Waals surface area contributed by atoms with Crippen LogP contribution in [-0.4, -0.2) is 10.1 Å². The van der Waals surface area contributed by atoms with Crippen molar-refractivity contribution < 1.29 is 9.84 Å². The number of aliphatic hydroxyl groups excluding tert-OH is 1. The predicted octanol–water partition coefficient (Wildman–Crippen LogP) is 3.64. The number of hydrogen-bond donors (Lipinski definition) is 1. The molecule has 0 fully saturated rings. The van der Waals surface area contributed by atoms with Crippen molar-refractivity contribution in [3.05, 3.63) is 52.2 Å². The number of benzene rings is 1. The lowest BCUT2D eigenvalue weighted by Crippen LogP contribution is -1.92. The maximum Gasteiger partial charge on any atom is 0.238 e. The van der Waals surface area contributed by atoms with Crippen LogP contribution in [0.4, 0.5) is 0 Å². The summed E-state index contributed by atoms with van der Waals surface area (Å²) >= 11 is 6.03. The van der Waals surface area contributed by atoms with E-state index in [0.717, 1.165) is 5.56 Å². The lowest BCUT2D eigenvalue weighted by molar-refractivity contribution is 0.281. The summed E-state index contributed by atoms with van der Waals surface area (Å²) in [5.74, 6) is 1.04. The molecule has 2 aromatic rings. The fourth-order valence-electron chi connectivity index (χ4n) is 1.52. The van der Waals surface area contributed by atoms with E-state index in [4.69, 9.17) is 21.4 Å². The van der Waals surface area contributed by atoms with Crippen LogP contribution in [0.15, 0.2) is 30.5 Å². The number of ether oxygens (including phenoxy) is 1. The first-order chi connectivity index (χ1) is 8.60. The molecule has 0 bridgehead atoms. The minimum Gasteiger partial charge on any atom is -0.438 e. The van der Waals surface area contributed by atoms with E-state index >= 15 is 0 Å². The summed E-state index contributed by atoms with van der Waals surface area (Å²) in [4.78, 5) is 4.08. The van der Waals surface area contributed by atoms with Gasteiger partial charge in [-0.05, 0) is 48.7 Å². The Labute approximate surface area is 111 Å². The van der Waals surface area contributed by atoms with Gasteiger partial charge in [0.05, 0.1) is 6.61 Å². The van der Waals surface area contributed by atoms with Gasteiger partial charge in [-0.15, -0.1) is 0 Å². The molecule has 1 N–H and O–H groups in total. The number of pyridine rings is 1. The zero-order valence-electron chi connectivity index (χ0n) is 10.3.